The van der Waals surface area contributed by atoms with E-state index in [0.29, 0.717) is 18.6 Å². The molecule has 25 heavy (non-hydrogen) atoms. The summed E-state index contributed by atoms with van der Waals surface area (Å²) >= 11 is 0. The highest BCUT2D eigenvalue weighted by Gasteiger charge is 2.53. The van der Waals surface area contributed by atoms with Crippen LogP contribution in [0.25, 0.3) is 0 Å². The van der Waals surface area contributed by atoms with Crippen LogP contribution in [-0.2, 0) is 11.3 Å². The Morgan fingerprint density at radius 3 is 2.68 bits per heavy atom. The molecule has 4 rings (SSSR count). The Morgan fingerprint density at radius 2 is 1.92 bits per heavy atom. The fourth-order valence-corrected chi connectivity index (χ4v) is 3.79. The lowest BCUT2D eigenvalue weighted by Crippen LogP contribution is -2.37. The minimum atomic E-state index is -0.293. The van der Waals surface area contributed by atoms with Gasteiger partial charge in [-0.25, -0.2) is 0 Å². The first-order valence-corrected chi connectivity index (χ1v) is 9.10. The van der Waals surface area contributed by atoms with Crippen molar-refractivity contribution in [2.24, 2.45) is 0 Å². The molecule has 0 aliphatic carbocycles. The lowest BCUT2D eigenvalue weighted by molar-refractivity contribution is 0.0726. The van der Waals surface area contributed by atoms with Crippen LogP contribution in [0.15, 0.2) is 42.5 Å². The number of ether oxygens (including phenoxy) is 3. The van der Waals surface area contributed by atoms with E-state index in [0.717, 1.165) is 23.5 Å². The van der Waals surface area contributed by atoms with Crippen molar-refractivity contribution in [2.45, 2.75) is 64.4 Å². The van der Waals surface area contributed by atoms with Gasteiger partial charge in [0.25, 0.3) is 0 Å². The molecule has 3 nitrogen and oxygen atoms in total. The molecule has 0 bridgehead atoms. The summed E-state index contributed by atoms with van der Waals surface area (Å²) in [6.07, 6.45) is 1.55. The van der Waals surface area contributed by atoms with Crippen LogP contribution in [0.1, 0.15) is 49.8 Å². The molecule has 1 saturated heterocycles. The van der Waals surface area contributed by atoms with Crippen LogP contribution in [0, 0.1) is 6.92 Å². The minimum Gasteiger partial charge on any atom is -0.489 e. The first kappa shape index (κ1) is 16.5. The van der Waals surface area contributed by atoms with Crippen LogP contribution in [0.2, 0.25) is 0 Å². The molecule has 3 atom stereocenters. The first-order valence-electron chi connectivity index (χ1n) is 9.10. The number of aryl methyl sites for hydroxylation is 1. The molecule has 3 heteroatoms. The highest BCUT2D eigenvalue weighted by molar-refractivity contribution is 5.48. The van der Waals surface area contributed by atoms with E-state index >= 15 is 0 Å². The van der Waals surface area contributed by atoms with E-state index in [4.69, 9.17) is 14.2 Å². The molecule has 0 spiro atoms. The van der Waals surface area contributed by atoms with E-state index in [1.165, 1.54) is 11.1 Å². The average Bonchev–Trinajstić information content (AvgIpc) is 3.34. The molecule has 1 fully saturated rings. The topological polar surface area (TPSA) is 31.0 Å². The van der Waals surface area contributed by atoms with Crippen LogP contribution in [0.3, 0.4) is 0 Å². The fourth-order valence-electron chi connectivity index (χ4n) is 3.79. The van der Waals surface area contributed by atoms with Gasteiger partial charge in [0.2, 0.25) is 0 Å². The van der Waals surface area contributed by atoms with E-state index in [1.54, 1.807) is 0 Å². The van der Waals surface area contributed by atoms with Crippen molar-refractivity contribution in [1.82, 2.24) is 0 Å². The molecule has 2 aliphatic rings. The molecule has 0 aromatic heterocycles. The molecule has 0 amide bonds. The second-order valence-electron chi connectivity index (χ2n) is 7.87. The molecular weight excluding hydrogens is 312 g/mol. The number of epoxide rings is 1. The molecule has 2 heterocycles. The Labute approximate surface area is 149 Å². The molecule has 132 valence electrons. The zero-order valence-corrected chi connectivity index (χ0v) is 15.4. The smallest absolute Gasteiger partial charge is 0.132 e. The van der Waals surface area contributed by atoms with Crippen LogP contribution in [0.4, 0.5) is 0 Å². The summed E-state index contributed by atoms with van der Waals surface area (Å²) in [7, 11) is 0. The maximum Gasteiger partial charge on any atom is 0.132 e. The molecule has 0 N–H and O–H groups in total. The van der Waals surface area contributed by atoms with Crippen molar-refractivity contribution in [3.05, 3.63) is 59.2 Å². The molecule has 0 radical (unpaired) electrons. The summed E-state index contributed by atoms with van der Waals surface area (Å²) in [5, 5.41) is 0. The van der Waals surface area contributed by atoms with E-state index < -0.39 is 0 Å². The minimum absolute atomic E-state index is 0.206. The summed E-state index contributed by atoms with van der Waals surface area (Å²) in [5.41, 5.74) is 3.20. The van der Waals surface area contributed by atoms with Gasteiger partial charge in [-0.2, -0.15) is 0 Å². The summed E-state index contributed by atoms with van der Waals surface area (Å²) in [6.45, 7) is 9.14. The Hall–Kier alpha value is -2.00. The maximum absolute atomic E-state index is 6.37. The molecule has 2 aliphatic heterocycles. The normalized spacial score (nSPS) is 26.5. The summed E-state index contributed by atoms with van der Waals surface area (Å²) < 4.78 is 18.3. The highest BCUT2D eigenvalue weighted by atomic mass is 16.6. The monoisotopic (exact) mass is 338 g/mol. The predicted octanol–water partition coefficient (Wildman–Crippen LogP) is 5.01. The van der Waals surface area contributed by atoms with Crippen molar-refractivity contribution >= 4 is 0 Å². The first-order chi connectivity index (χ1) is 11.9. The SMILES string of the molecule is Cc1cc2c(cc1OCc1ccccc1)[C@H](C)C[C@@H]1O[C@@H]1C(C)(C)O2. The Kier molecular flexibility index (Phi) is 3.99. The van der Waals surface area contributed by atoms with Gasteiger partial charge in [-0.3, -0.25) is 0 Å². The second-order valence-corrected chi connectivity index (χ2v) is 7.87. The quantitative estimate of drug-likeness (QED) is 0.738. The van der Waals surface area contributed by atoms with Crippen LogP contribution < -0.4 is 9.47 Å². The standard InChI is InChI=1S/C22H26O3/c1-14-10-20-21(24-20)22(3,4)25-19-11-15(2)18(12-17(14)19)23-13-16-8-6-5-7-9-16/h5-9,11-12,14,20-21H,10,13H2,1-4H3/t14-,20+,21+/m1/s1. The number of hydrogen-bond donors (Lipinski definition) is 0. The maximum atomic E-state index is 6.37. The molecular formula is C22H26O3. The lowest BCUT2D eigenvalue weighted by Gasteiger charge is -2.30. The van der Waals surface area contributed by atoms with E-state index in [2.05, 4.69) is 52.0 Å². The van der Waals surface area contributed by atoms with Gasteiger partial charge in [-0.1, -0.05) is 37.3 Å². The number of fused-ring (bicyclic) bond motifs is 2. The Bertz CT molecular complexity index is 766. The van der Waals surface area contributed by atoms with Crippen LogP contribution >= 0.6 is 0 Å². The van der Waals surface area contributed by atoms with Gasteiger partial charge < -0.3 is 14.2 Å². The summed E-state index contributed by atoms with van der Waals surface area (Å²) in [6, 6.07) is 14.6. The molecule has 2 aromatic carbocycles. The largest absolute Gasteiger partial charge is 0.489 e. The van der Waals surface area contributed by atoms with E-state index in [9.17, 15) is 0 Å². The van der Waals surface area contributed by atoms with Gasteiger partial charge in [0.05, 0.1) is 6.10 Å². The predicted molar refractivity (Wildman–Crippen MR) is 98.4 cm³/mol. The number of rotatable bonds is 3. The van der Waals surface area contributed by atoms with E-state index in [1.807, 2.05) is 18.2 Å². The van der Waals surface area contributed by atoms with Crippen LogP contribution in [-0.4, -0.2) is 17.8 Å². The molecule has 2 aromatic rings. The van der Waals surface area contributed by atoms with Crippen molar-refractivity contribution in [2.75, 3.05) is 0 Å². The van der Waals surface area contributed by atoms with Gasteiger partial charge >= 0.3 is 0 Å². The van der Waals surface area contributed by atoms with Crippen molar-refractivity contribution in [3.8, 4) is 11.5 Å². The Balaban J connectivity index is 1.62. The third-order valence-corrected chi connectivity index (χ3v) is 5.30. The lowest BCUT2D eigenvalue weighted by atomic mass is 9.88. The zero-order valence-electron chi connectivity index (χ0n) is 15.4. The molecule has 0 saturated carbocycles. The summed E-state index contributed by atoms with van der Waals surface area (Å²) in [5.74, 6) is 2.29. The van der Waals surface area contributed by atoms with Gasteiger partial charge in [0.1, 0.15) is 29.8 Å². The average molecular weight is 338 g/mol. The van der Waals surface area contributed by atoms with Crippen molar-refractivity contribution < 1.29 is 14.2 Å². The zero-order chi connectivity index (χ0) is 17.6. The highest BCUT2D eigenvalue weighted by Crippen LogP contribution is 2.47. The van der Waals surface area contributed by atoms with E-state index in [-0.39, 0.29) is 11.7 Å². The fraction of sp³-hybridized carbons (Fsp3) is 0.455. The van der Waals surface area contributed by atoms with Crippen molar-refractivity contribution in [3.63, 3.8) is 0 Å². The summed E-state index contributed by atoms with van der Waals surface area (Å²) in [4.78, 5) is 0. The Morgan fingerprint density at radius 1 is 1.16 bits per heavy atom. The van der Waals surface area contributed by atoms with Crippen LogP contribution in [0.5, 0.6) is 11.5 Å². The van der Waals surface area contributed by atoms with Gasteiger partial charge in [0.15, 0.2) is 0 Å². The second kappa shape index (κ2) is 6.06. The van der Waals surface area contributed by atoms with Gasteiger partial charge in [0, 0.05) is 5.56 Å². The van der Waals surface area contributed by atoms with Crippen molar-refractivity contribution in [1.29, 1.82) is 0 Å². The third-order valence-electron chi connectivity index (χ3n) is 5.30. The van der Waals surface area contributed by atoms with Gasteiger partial charge in [-0.05, 0) is 56.4 Å². The van der Waals surface area contributed by atoms with Gasteiger partial charge in [-0.15, -0.1) is 0 Å². The third kappa shape index (κ3) is 3.25. The number of hydrogen-bond acceptors (Lipinski definition) is 3. The number of benzene rings is 2. The molecule has 0 unspecified atom stereocenters.